The average molecular weight is 227 g/mol. The van der Waals surface area contributed by atoms with Crippen molar-refractivity contribution in [2.75, 3.05) is 0 Å². The molecule has 5 rings (SSSR count). The van der Waals surface area contributed by atoms with Gasteiger partial charge in [-0.05, 0) is 85.5 Å². The van der Waals surface area contributed by atoms with E-state index >= 15 is 0 Å². The largest absolute Gasteiger partial charge is 0.508 e. The summed E-state index contributed by atoms with van der Waals surface area (Å²) in [5.74, 6) is 3.28. The van der Waals surface area contributed by atoms with Crippen molar-refractivity contribution in [1.29, 1.82) is 0 Å². The van der Waals surface area contributed by atoms with Gasteiger partial charge in [0.05, 0.1) is 0 Å². The minimum atomic E-state index is 0.369. The van der Waals surface area contributed by atoms with Crippen LogP contribution in [0.25, 0.3) is 0 Å². The Morgan fingerprint density at radius 3 is 2.18 bits per heavy atom. The fraction of sp³-hybridized carbons (Fsp3) is 0.625. The highest BCUT2D eigenvalue weighted by atomic mass is 16.3. The minimum Gasteiger partial charge on any atom is -0.508 e. The minimum absolute atomic E-state index is 0.369. The molecule has 1 heteroatoms. The Kier molecular flexibility index (Phi) is 1.93. The van der Waals surface area contributed by atoms with Gasteiger partial charge in [0, 0.05) is 0 Å². The second kappa shape index (κ2) is 3.28. The van der Waals surface area contributed by atoms with E-state index in [0.717, 1.165) is 17.8 Å². The van der Waals surface area contributed by atoms with Crippen LogP contribution in [0.2, 0.25) is 0 Å². The molecule has 0 amide bonds. The second-order valence-electron chi connectivity index (χ2n) is 6.66. The van der Waals surface area contributed by atoms with Gasteiger partial charge in [-0.15, -0.1) is 0 Å². The highest BCUT2D eigenvalue weighted by Crippen LogP contribution is 2.60. The fourth-order valence-electron chi connectivity index (χ4n) is 5.20. The number of benzene rings is 1. The van der Waals surface area contributed by atoms with Gasteiger partial charge in [-0.25, -0.2) is 0 Å². The first-order valence-corrected chi connectivity index (χ1v) is 6.95. The summed E-state index contributed by atoms with van der Waals surface area (Å²) < 4.78 is 0. The van der Waals surface area contributed by atoms with E-state index in [1.54, 1.807) is 6.07 Å². The van der Waals surface area contributed by atoms with E-state index in [1.807, 2.05) is 12.1 Å². The van der Waals surface area contributed by atoms with E-state index < -0.39 is 0 Å². The summed E-state index contributed by atoms with van der Waals surface area (Å²) in [6.07, 6.45) is 8.45. The monoisotopic (exact) mass is 227 g/mol. The first-order chi connectivity index (χ1) is 8.23. The Morgan fingerprint density at radius 1 is 1.06 bits per heavy atom. The zero-order valence-electron chi connectivity index (χ0n) is 10.2. The molecule has 1 radical (unpaired) electrons. The maximum atomic E-state index is 9.69. The molecule has 1 nitrogen and oxygen atoms in total. The standard InChI is InChI=1S/C16H19O/c17-15-3-1-2-14(7-15)16-8-11-4-12(9-16)6-13(5-11)10-16/h1,3,7,11-13,17H,4-6,8-10H2. The SMILES string of the molecule is Oc1cc[c]c(C23CC4CC(CC(C4)C2)C3)c1. The van der Waals surface area contributed by atoms with E-state index in [1.165, 1.54) is 44.1 Å². The molecule has 4 saturated carbocycles. The zero-order valence-corrected chi connectivity index (χ0v) is 10.2. The Bertz CT molecular complexity index is 413. The van der Waals surface area contributed by atoms with E-state index in [4.69, 9.17) is 0 Å². The van der Waals surface area contributed by atoms with Crippen LogP contribution in [-0.4, -0.2) is 5.11 Å². The van der Waals surface area contributed by atoms with Crippen LogP contribution < -0.4 is 0 Å². The number of rotatable bonds is 1. The van der Waals surface area contributed by atoms with E-state index in [0.29, 0.717) is 11.2 Å². The van der Waals surface area contributed by atoms with Crippen molar-refractivity contribution in [3.63, 3.8) is 0 Å². The molecule has 17 heavy (non-hydrogen) atoms. The Morgan fingerprint density at radius 2 is 1.65 bits per heavy atom. The predicted octanol–water partition coefficient (Wildman–Crippen LogP) is 3.66. The summed E-state index contributed by atoms with van der Waals surface area (Å²) in [4.78, 5) is 0. The van der Waals surface area contributed by atoms with Crippen molar-refractivity contribution < 1.29 is 5.11 Å². The maximum absolute atomic E-state index is 9.69. The normalized spacial score (nSPS) is 42.9. The smallest absolute Gasteiger partial charge is 0.115 e. The number of phenols is 1. The lowest BCUT2D eigenvalue weighted by Crippen LogP contribution is -2.48. The van der Waals surface area contributed by atoms with E-state index in [-0.39, 0.29) is 0 Å². The topological polar surface area (TPSA) is 20.2 Å². The molecule has 1 N–H and O–H groups in total. The van der Waals surface area contributed by atoms with Gasteiger partial charge in [0.1, 0.15) is 5.75 Å². The maximum Gasteiger partial charge on any atom is 0.115 e. The molecule has 1 aromatic carbocycles. The third kappa shape index (κ3) is 1.44. The average Bonchev–Trinajstić information content (AvgIpc) is 2.27. The van der Waals surface area contributed by atoms with Gasteiger partial charge in [-0.3, -0.25) is 0 Å². The third-order valence-corrected chi connectivity index (χ3v) is 5.39. The van der Waals surface area contributed by atoms with Crippen LogP contribution in [0, 0.1) is 23.8 Å². The van der Waals surface area contributed by atoms with Crippen molar-refractivity contribution in [2.24, 2.45) is 17.8 Å². The number of hydrogen-bond acceptors (Lipinski definition) is 1. The molecule has 89 valence electrons. The molecule has 0 saturated heterocycles. The molecule has 1 aromatic rings. The summed E-state index contributed by atoms with van der Waals surface area (Å²) >= 11 is 0. The quantitative estimate of drug-likeness (QED) is 0.776. The summed E-state index contributed by atoms with van der Waals surface area (Å²) in [5, 5.41) is 9.69. The summed E-state index contributed by atoms with van der Waals surface area (Å²) in [6, 6.07) is 9.00. The van der Waals surface area contributed by atoms with Crippen LogP contribution in [0.4, 0.5) is 0 Å². The first kappa shape index (κ1) is 9.99. The van der Waals surface area contributed by atoms with Gasteiger partial charge >= 0.3 is 0 Å². The molecular weight excluding hydrogens is 208 g/mol. The molecule has 4 aliphatic carbocycles. The first-order valence-electron chi connectivity index (χ1n) is 6.95. The van der Waals surface area contributed by atoms with Gasteiger partial charge in [0.2, 0.25) is 0 Å². The lowest BCUT2D eigenvalue weighted by atomic mass is 9.48. The number of phenolic OH excluding ortho intramolecular Hbond substituents is 1. The van der Waals surface area contributed by atoms with Crippen molar-refractivity contribution in [2.45, 2.75) is 43.9 Å². The molecule has 4 bridgehead atoms. The van der Waals surface area contributed by atoms with Gasteiger partial charge in [-0.1, -0.05) is 6.07 Å². The Hall–Kier alpha value is -0.980. The van der Waals surface area contributed by atoms with Crippen molar-refractivity contribution in [3.05, 3.63) is 29.8 Å². The zero-order chi connectivity index (χ0) is 11.5. The van der Waals surface area contributed by atoms with Crippen LogP contribution in [0.1, 0.15) is 44.1 Å². The fourth-order valence-corrected chi connectivity index (χ4v) is 5.20. The molecule has 0 unspecified atom stereocenters. The summed E-state index contributed by atoms with van der Waals surface area (Å²) in [7, 11) is 0. The predicted molar refractivity (Wildman–Crippen MR) is 66.8 cm³/mol. The van der Waals surface area contributed by atoms with Crippen molar-refractivity contribution in [1.82, 2.24) is 0 Å². The summed E-state index contributed by atoms with van der Waals surface area (Å²) in [5.41, 5.74) is 1.66. The van der Waals surface area contributed by atoms with Crippen molar-refractivity contribution in [3.8, 4) is 5.75 Å². The van der Waals surface area contributed by atoms with Crippen LogP contribution >= 0.6 is 0 Å². The molecule has 0 spiro atoms. The van der Waals surface area contributed by atoms with Crippen LogP contribution in [0.3, 0.4) is 0 Å². The lowest BCUT2D eigenvalue weighted by Gasteiger charge is -2.57. The van der Waals surface area contributed by atoms with E-state index in [9.17, 15) is 5.11 Å². The van der Waals surface area contributed by atoms with Gasteiger partial charge in [-0.2, -0.15) is 0 Å². The van der Waals surface area contributed by atoms with Crippen molar-refractivity contribution >= 4 is 0 Å². The molecule has 4 aliphatic rings. The Balaban J connectivity index is 1.77. The van der Waals surface area contributed by atoms with Gasteiger partial charge in [0.25, 0.3) is 0 Å². The van der Waals surface area contributed by atoms with Gasteiger partial charge in [0.15, 0.2) is 0 Å². The highest BCUT2D eigenvalue weighted by Gasteiger charge is 2.51. The Labute approximate surface area is 103 Å². The van der Waals surface area contributed by atoms with Crippen LogP contribution in [0.15, 0.2) is 18.2 Å². The third-order valence-electron chi connectivity index (χ3n) is 5.39. The molecular formula is C16H19O. The molecule has 0 atom stereocenters. The molecule has 0 aliphatic heterocycles. The summed E-state index contributed by atoms with van der Waals surface area (Å²) in [6.45, 7) is 0. The molecule has 4 fully saturated rings. The molecule has 0 heterocycles. The highest BCUT2D eigenvalue weighted by molar-refractivity contribution is 5.34. The van der Waals surface area contributed by atoms with E-state index in [2.05, 4.69) is 6.07 Å². The lowest BCUT2D eigenvalue weighted by molar-refractivity contribution is -0.00538. The second-order valence-corrected chi connectivity index (χ2v) is 6.66. The van der Waals surface area contributed by atoms with Crippen LogP contribution in [-0.2, 0) is 5.41 Å². The van der Waals surface area contributed by atoms with Gasteiger partial charge < -0.3 is 5.11 Å². The molecule has 0 aromatic heterocycles. The number of aromatic hydroxyl groups is 1. The number of hydrogen-bond donors (Lipinski definition) is 1. The van der Waals surface area contributed by atoms with Crippen LogP contribution in [0.5, 0.6) is 5.75 Å².